The number of carbonyl (C=O) groups is 1. The minimum atomic E-state index is -0.897. The van der Waals surface area contributed by atoms with E-state index in [1.807, 2.05) is 0 Å². The van der Waals surface area contributed by atoms with Gasteiger partial charge >= 0.3 is 5.97 Å². The maximum atomic E-state index is 11.7. The average molecular weight is 283 g/mol. The Hall–Kier alpha value is -0.650. The Labute approximate surface area is 122 Å². The first kappa shape index (κ1) is 15.7. The van der Waals surface area contributed by atoms with Gasteiger partial charge in [-0.25, -0.2) is 0 Å². The lowest BCUT2D eigenvalue weighted by Gasteiger charge is -2.34. The fourth-order valence-corrected chi connectivity index (χ4v) is 3.79. The highest BCUT2D eigenvalue weighted by Crippen LogP contribution is 2.30. The van der Waals surface area contributed by atoms with E-state index in [0.29, 0.717) is 18.5 Å². The number of carbonyl (C=O) groups excluding carboxylic acids is 1. The van der Waals surface area contributed by atoms with Crippen molar-refractivity contribution in [2.24, 2.45) is 5.73 Å². The van der Waals surface area contributed by atoms with Crippen LogP contribution in [0.3, 0.4) is 0 Å². The van der Waals surface area contributed by atoms with Gasteiger partial charge in [0.05, 0.1) is 7.11 Å². The van der Waals surface area contributed by atoms with Crippen LogP contribution in [0.4, 0.5) is 0 Å². The zero-order valence-corrected chi connectivity index (χ0v) is 13.3. The molecule has 2 saturated heterocycles. The summed E-state index contributed by atoms with van der Waals surface area (Å²) in [6, 6.07) is 1.70. The summed E-state index contributed by atoms with van der Waals surface area (Å²) in [4.78, 5) is 16.8. The second-order valence-electron chi connectivity index (χ2n) is 6.80. The smallest absolute Gasteiger partial charge is 0.325 e. The van der Waals surface area contributed by atoms with Gasteiger partial charge in [0, 0.05) is 24.7 Å². The molecular formula is C15H29N3O2. The summed E-state index contributed by atoms with van der Waals surface area (Å²) < 4.78 is 4.80. The number of rotatable bonds is 4. The molecule has 2 bridgehead atoms. The maximum absolute atomic E-state index is 11.7. The Morgan fingerprint density at radius 1 is 1.40 bits per heavy atom. The molecule has 0 aromatic heterocycles. The van der Waals surface area contributed by atoms with E-state index in [1.54, 1.807) is 6.92 Å². The normalized spacial score (nSPS) is 32.5. The lowest BCUT2D eigenvalue weighted by Crippen LogP contribution is -2.51. The van der Waals surface area contributed by atoms with E-state index in [9.17, 15) is 4.79 Å². The van der Waals surface area contributed by atoms with Crippen molar-refractivity contribution in [3.05, 3.63) is 0 Å². The Balaban J connectivity index is 1.96. The number of nitrogens with zero attached hydrogens (tertiary/aromatic N) is 2. The molecule has 0 amide bonds. The Kier molecular flexibility index (Phi) is 4.72. The van der Waals surface area contributed by atoms with Crippen molar-refractivity contribution in [2.45, 2.75) is 63.2 Å². The largest absolute Gasteiger partial charge is 0.468 e. The molecule has 2 heterocycles. The molecule has 0 radical (unpaired) electrons. The van der Waals surface area contributed by atoms with Crippen LogP contribution in [0, 0.1) is 0 Å². The third-order valence-electron chi connectivity index (χ3n) is 5.17. The van der Waals surface area contributed by atoms with Crippen LogP contribution < -0.4 is 5.73 Å². The van der Waals surface area contributed by atoms with Gasteiger partial charge in [-0.2, -0.15) is 0 Å². The van der Waals surface area contributed by atoms with Crippen molar-refractivity contribution in [3.63, 3.8) is 0 Å². The van der Waals surface area contributed by atoms with Crippen LogP contribution in [0.25, 0.3) is 0 Å². The van der Waals surface area contributed by atoms with Gasteiger partial charge in [-0.3, -0.25) is 14.6 Å². The predicted octanol–water partition coefficient (Wildman–Crippen LogP) is 0.824. The third kappa shape index (κ3) is 3.15. The number of nitrogens with two attached hydrogens (primary N) is 1. The molecule has 0 saturated carbocycles. The monoisotopic (exact) mass is 283 g/mol. The van der Waals surface area contributed by atoms with Crippen LogP contribution in [0.15, 0.2) is 0 Å². The van der Waals surface area contributed by atoms with E-state index in [4.69, 9.17) is 10.5 Å². The molecule has 0 aromatic carbocycles. The van der Waals surface area contributed by atoms with Crippen molar-refractivity contribution in [3.8, 4) is 0 Å². The van der Waals surface area contributed by atoms with Crippen LogP contribution in [-0.4, -0.2) is 66.7 Å². The standard InChI is InChI=1S/C15H29N3O2/c1-11(9-15(2,16)14(19)20-4)18-8-7-12-5-6-13(10-18)17(12)3/h11-13H,5-10,16H2,1-4H3. The zero-order chi connectivity index (χ0) is 14.9. The van der Waals surface area contributed by atoms with Gasteiger partial charge in [0.15, 0.2) is 0 Å². The molecule has 4 unspecified atom stereocenters. The molecule has 4 atom stereocenters. The van der Waals surface area contributed by atoms with Crippen LogP contribution in [0.5, 0.6) is 0 Å². The molecule has 2 fully saturated rings. The minimum Gasteiger partial charge on any atom is -0.468 e. The van der Waals surface area contributed by atoms with Crippen molar-refractivity contribution >= 4 is 5.97 Å². The number of hydrogen-bond donors (Lipinski definition) is 1. The van der Waals surface area contributed by atoms with Gasteiger partial charge in [-0.15, -0.1) is 0 Å². The molecule has 20 heavy (non-hydrogen) atoms. The third-order valence-corrected chi connectivity index (χ3v) is 5.17. The first-order valence-corrected chi connectivity index (χ1v) is 7.68. The number of esters is 1. The SMILES string of the molecule is COC(=O)C(C)(N)CC(C)N1CCC2CCC(C1)N2C. The zero-order valence-electron chi connectivity index (χ0n) is 13.3. The van der Waals surface area contributed by atoms with Crippen molar-refractivity contribution in [2.75, 3.05) is 27.2 Å². The van der Waals surface area contributed by atoms with Gasteiger partial charge in [0.25, 0.3) is 0 Å². The first-order chi connectivity index (χ1) is 9.35. The summed E-state index contributed by atoms with van der Waals surface area (Å²) in [6.45, 7) is 6.13. The van der Waals surface area contributed by atoms with Gasteiger partial charge < -0.3 is 10.5 Å². The molecule has 116 valence electrons. The van der Waals surface area contributed by atoms with E-state index in [2.05, 4.69) is 23.8 Å². The summed E-state index contributed by atoms with van der Waals surface area (Å²) in [6.07, 6.45) is 4.49. The molecule has 5 heteroatoms. The molecule has 5 nitrogen and oxygen atoms in total. The topological polar surface area (TPSA) is 58.8 Å². The maximum Gasteiger partial charge on any atom is 0.325 e. The molecule has 0 spiro atoms. The minimum absolute atomic E-state index is 0.303. The van der Waals surface area contributed by atoms with Gasteiger partial charge in [0.2, 0.25) is 0 Å². The van der Waals surface area contributed by atoms with Crippen molar-refractivity contribution in [1.29, 1.82) is 0 Å². The van der Waals surface area contributed by atoms with E-state index in [1.165, 1.54) is 26.4 Å². The van der Waals surface area contributed by atoms with Crippen LogP contribution in [0.2, 0.25) is 0 Å². The van der Waals surface area contributed by atoms with Crippen LogP contribution in [0.1, 0.15) is 39.5 Å². The molecule has 0 aliphatic carbocycles. The lowest BCUT2D eigenvalue weighted by atomic mass is 9.93. The summed E-state index contributed by atoms with van der Waals surface area (Å²) in [5, 5.41) is 0. The summed E-state index contributed by atoms with van der Waals surface area (Å²) in [7, 11) is 3.65. The fraction of sp³-hybridized carbons (Fsp3) is 0.933. The number of fused-ring (bicyclic) bond motifs is 2. The lowest BCUT2D eigenvalue weighted by molar-refractivity contribution is -0.147. The van der Waals surface area contributed by atoms with Gasteiger partial charge in [0.1, 0.15) is 5.54 Å². The fourth-order valence-electron chi connectivity index (χ4n) is 3.79. The summed E-state index contributed by atoms with van der Waals surface area (Å²) >= 11 is 0. The average Bonchev–Trinajstić information content (AvgIpc) is 2.61. The molecule has 0 aromatic rings. The molecule has 2 N–H and O–H groups in total. The first-order valence-electron chi connectivity index (χ1n) is 7.68. The Morgan fingerprint density at radius 3 is 2.70 bits per heavy atom. The van der Waals surface area contributed by atoms with E-state index in [0.717, 1.165) is 19.1 Å². The summed E-state index contributed by atoms with van der Waals surface area (Å²) in [5.74, 6) is -0.321. The second kappa shape index (κ2) is 6.00. The number of likely N-dealkylation sites (tertiary alicyclic amines) is 1. The highest BCUT2D eigenvalue weighted by molar-refractivity contribution is 5.79. The van der Waals surface area contributed by atoms with Gasteiger partial charge in [-0.05, 0) is 53.1 Å². The summed E-state index contributed by atoms with van der Waals surface area (Å²) in [5.41, 5.74) is 5.21. The highest BCUT2D eigenvalue weighted by atomic mass is 16.5. The number of likely N-dealkylation sites (N-methyl/N-ethyl adjacent to an activating group) is 1. The molecule has 2 aliphatic rings. The van der Waals surface area contributed by atoms with Crippen LogP contribution >= 0.6 is 0 Å². The highest BCUT2D eigenvalue weighted by Gasteiger charge is 2.38. The van der Waals surface area contributed by atoms with E-state index in [-0.39, 0.29) is 5.97 Å². The molecule has 2 aliphatic heterocycles. The second-order valence-corrected chi connectivity index (χ2v) is 6.80. The van der Waals surface area contributed by atoms with Gasteiger partial charge in [-0.1, -0.05) is 0 Å². The molecular weight excluding hydrogens is 254 g/mol. The molecule has 2 rings (SSSR count). The number of ether oxygens (including phenoxy) is 1. The van der Waals surface area contributed by atoms with Crippen molar-refractivity contribution in [1.82, 2.24) is 9.80 Å². The van der Waals surface area contributed by atoms with E-state index < -0.39 is 5.54 Å². The van der Waals surface area contributed by atoms with E-state index >= 15 is 0 Å². The van der Waals surface area contributed by atoms with Crippen molar-refractivity contribution < 1.29 is 9.53 Å². The van der Waals surface area contributed by atoms with Crippen LogP contribution in [-0.2, 0) is 9.53 Å². The number of hydrogen-bond acceptors (Lipinski definition) is 5. The predicted molar refractivity (Wildman–Crippen MR) is 79.5 cm³/mol. The Bertz CT molecular complexity index is 359. The number of methoxy groups -OCH3 is 1. The Morgan fingerprint density at radius 2 is 2.05 bits per heavy atom. The quantitative estimate of drug-likeness (QED) is 0.774.